The van der Waals surface area contributed by atoms with Gasteiger partial charge in [0.05, 0.1) is 0 Å². The van der Waals surface area contributed by atoms with E-state index in [4.69, 9.17) is 0 Å². The molecule has 0 saturated heterocycles. The molecule has 0 heterocycles. The Balaban J connectivity index is 2.50. The summed E-state index contributed by atoms with van der Waals surface area (Å²) in [5.74, 6) is 0.850. The van der Waals surface area contributed by atoms with Crippen LogP contribution in [0.5, 0.6) is 0 Å². The first-order chi connectivity index (χ1) is 7.26. The van der Waals surface area contributed by atoms with Crippen LogP contribution in [-0.2, 0) is 6.42 Å². The second-order valence-electron chi connectivity index (χ2n) is 4.51. The second-order valence-corrected chi connectivity index (χ2v) is 4.51. The molecule has 1 aromatic carbocycles. The standard InChI is InChI=1S/C15H23/c1-4-6-9-14(5-2)12-15-10-7-8-13(3)11-15/h7-8,11,14H,4-6,9,12H2,1-3H3. The van der Waals surface area contributed by atoms with E-state index in [9.17, 15) is 0 Å². The van der Waals surface area contributed by atoms with Crippen LogP contribution in [0.25, 0.3) is 0 Å². The van der Waals surface area contributed by atoms with Gasteiger partial charge in [0.15, 0.2) is 0 Å². The molecule has 0 spiro atoms. The minimum Gasteiger partial charge on any atom is -0.0654 e. The van der Waals surface area contributed by atoms with E-state index < -0.39 is 0 Å². The van der Waals surface area contributed by atoms with Crippen molar-refractivity contribution in [3.63, 3.8) is 0 Å². The molecular formula is C15H23. The Bertz CT molecular complexity index is 275. The van der Waals surface area contributed by atoms with Crippen molar-refractivity contribution in [1.82, 2.24) is 0 Å². The third kappa shape index (κ3) is 4.51. The van der Waals surface area contributed by atoms with E-state index in [0.29, 0.717) is 0 Å². The first-order valence-corrected chi connectivity index (χ1v) is 6.23. The van der Waals surface area contributed by atoms with E-state index in [1.807, 2.05) is 0 Å². The summed E-state index contributed by atoms with van der Waals surface area (Å²) in [5.41, 5.74) is 2.74. The molecular weight excluding hydrogens is 180 g/mol. The summed E-state index contributed by atoms with van der Waals surface area (Å²) in [7, 11) is 0. The van der Waals surface area contributed by atoms with Crippen LogP contribution in [0.2, 0.25) is 0 Å². The molecule has 1 unspecified atom stereocenters. The van der Waals surface area contributed by atoms with E-state index in [2.05, 4.69) is 45.0 Å². The van der Waals surface area contributed by atoms with Gasteiger partial charge in [-0.2, -0.15) is 0 Å². The van der Waals surface area contributed by atoms with Gasteiger partial charge in [0.2, 0.25) is 0 Å². The summed E-state index contributed by atoms with van der Waals surface area (Å²) in [6.07, 6.45) is 6.55. The largest absolute Gasteiger partial charge is 0.0654 e. The zero-order valence-electron chi connectivity index (χ0n) is 10.3. The Kier molecular flexibility index (Phi) is 5.45. The Labute approximate surface area is 94.7 Å². The molecule has 15 heavy (non-hydrogen) atoms. The van der Waals surface area contributed by atoms with Crippen LogP contribution in [0.3, 0.4) is 0 Å². The van der Waals surface area contributed by atoms with Crippen molar-refractivity contribution in [3.05, 3.63) is 35.4 Å². The predicted octanol–water partition coefficient (Wildman–Crippen LogP) is 4.55. The van der Waals surface area contributed by atoms with Crippen LogP contribution in [0, 0.1) is 18.9 Å². The molecule has 0 bridgehead atoms. The van der Waals surface area contributed by atoms with Crippen LogP contribution in [0.1, 0.15) is 50.7 Å². The number of hydrogen-bond donors (Lipinski definition) is 0. The van der Waals surface area contributed by atoms with Crippen LogP contribution in [0.4, 0.5) is 0 Å². The number of unbranched alkanes of at least 4 members (excludes halogenated alkanes) is 1. The second kappa shape index (κ2) is 6.66. The lowest BCUT2D eigenvalue weighted by Crippen LogP contribution is -2.03. The lowest BCUT2D eigenvalue weighted by atomic mass is 9.91. The smallest absolute Gasteiger partial charge is 0.0149 e. The lowest BCUT2D eigenvalue weighted by Gasteiger charge is -2.14. The lowest BCUT2D eigenvalue weighted by molar-refractivity contribution is 0.449. The fourth-order valence-electron chi connectivity index (χ4n) is 2.02. The topological polar surface area (TPSA) is 0 Å². The minimum atomic E-state index is 0.850. The average molecular weight is 203 g/mol. The maximum Gasteiger partial charge on any atom is -0.0149 e. The zero-order chi connectivity index (χ0) is 11.1. The summed E-state index contributed by atoms with van der Waals surface area (Å²) in [4.78, 5) is 0. The summed E-state index contributed by atoms with van der Waals surface area (Å²) in [6, 6.07) is 9.80. The van der Waals surface area contributed by atoms with Gasteiger partial charge in [-0.3, -0.25) is 0 Å². The van der Waals surface area contributed by atoms with Crippen molar-refractivity contribution in [2.75, 3.05) is 0 Å². The Morgan fingerprint density at radius 1 is 1.33 bits per heavy atom. The summed E-state index contributed by atoms with van der Waals surface area (Å²) >= 11 is 0. The van der Waals surface area contributed by atoms with Gasteiger partial charge in [-0.25, -0.2) is 0 Å². The number of rotatable bonds is 6. The number of hydrogen-bond acceptors (Lipinski definition) is 0. The molecule has 1 atom stereocenters. The minimum absolute atomic E-state index is 0.850. The maximum atomic E-state index is 3.35. The van der Waals surface area contributed by atoms with Crippen LogP contribution >= 0.6 is 0 Å². The molecule has 1 rings (SSSR count). The van der Waals surface area contributed by atoms with Gasteiger partial charge >= 0.3 is 0 Å². The molecule has 0 aromatic heterocycles. The molecule has 0 aliphatic carbocycles. The first kappa shape index (κ1) is 12.3. The summed E-state index contributed by atoms with van der Waals surface area (Å²) < 4.78 is 0. The van der Waals surface area contributed by atoms with Crippen molar-refractivity contribution in [1.29, 1.82) is 0 Å². The molecule has 83 valence electrons. The molecule has 0 aliphatic heterocycles. The SMILES string of the molecule is CCCCC(CC)Cc1[c]ccc(C)c1. The third-order valence-electron chi connectivity index (χ3n) is 3.07. The maximum absolute atomic E-state index is 3.35. The number of benzene rings is 1. The Hall–Kier alpha value is -0.780. The first-order valence-electron chi connectivity index (χ1n) is 6.23. The molecule has 0 heteroatoms. The molecule has 0 saturated carbocycles. The van der Waals surface area contributed by atoms with Crippen molar-refractivity contribution in [2.45, 2.75) is 52.9 Å². The van der Waals surface area contributed by atoms with Crippen molar-refractivity contribution in [2.24, 2.45) is 5.92 Å². The van der Waals surface area contributed by atoms with Crippen LogP contribution < -0.4 is 0 Å². The molecule has 0 fully saturated rings. The normalized spacial score (nSPS) is 12.7. The monoisotopic (exact) mass is 203 g/mol. The van der Waals surface area contributed by atoms with E-state index in [1.54, 1.807) is 0 Å². The zero-order valence-corrected chi connectivity index (χ0v) is 10.3. The van der Waals surface area contributed by atoms with Crippen LogP contribution in [0.15, 0.2) is 18.2 Å². The van der Waals surface area contributed by atoms with Gasteiger partial charge in [-0.15, -0.1) is 0 Å². The van der Waals surface area contributed by atoms with E-state index in [-0.39, 0.29) is 0 Å². The van der Waals surface area contributed by atoms with Gasteiger partial charge in [0.25, 0.3) is 0 Å². The predicted molar refractivity (Wildman–Crippen MR) is 67.0 cm³/mol. The molecule has 0 N–H and O–H groups in total. The summed E-state index contributed by atoms with van der Waals surface area (Å²) in [6.45, 7) is 6.73. The van der Waals surface area contributed by atoms with Gasteiger partial charge in [-0.05, 0) is 30.9 Å². The quantitative estimate of drug-likeness (QED) is 0.636. The Morgan fingerprint density at radius 2 is 2.13 bits per heavy atom. The van der Waals surface area contributed by atoms with Crippen LogP contribution in [-0.4, -0.2) is 0 Å². The van der Waals surface area contributed by atoms with Gasteiger partial charge < -0.3 is 0 Å². The van der Waals surface area contributed by atoms with E-state index in [0.717, 1.165) is 5.92 Å². The van der Waals surface area contributed by atoms with E-state index >= 15 is 0 Å². The molecule has 1 radical (unpaired) electrons. The highest BCUT2D eigenvalue weighted by molar-refractivity contribution is 5.21. The fraction of sp³-hybridized carbons (Fsp3) is 0.600. The number of aryl methyl sites for hydroxylation is 1. The fourth-order valence-corrected chi connectivity index (χ4v) is 2.02. The third-order valence-corrected chi connectivity index (χ3v) is 3.07. The highest BCUT2D eigenvalue weighted by atomic mass is 14.1. The van der Waals surface area contributed by atoms with Crippen molar-refractivity contribution < 1.29 is 0 Å². The Morgan fingerprint density at radius 3 is 2.73 bits per heavy atom. The summed E-state index contributed by atoms with van der Waals surface area (Å²) in [5, 5.41) is 0. The molecule has 0 nitrogen and oxygen atoms in total. The van der Waals surface area contributed by atoms with Crippen molar-refractivity contribution in [3.8, 4) is 0 Å². The average Bonchev–Trinajstić information content (AvgIpc) is 2.24. The molecule has 0 aliphatic rings. The van der Waals surface area contributed by atoms with Crippen molar-refractivity contribution >= 4 is 0 Å². The van der Waals surface area contributed by atoms with Gasteiger partial charge in [0, 0.05) is 0 Å². The van der Waals surface area contributed by atoms with Gasteiger partial charge in [0.1, 0.15) is 0 Å². The van der Waals surface area contributed by atoms with E-state index in [1.165, 1.54) is 43.2 Å². The molecule has 1 aromatic rings. The highest BCUT2D eigenvalue weighted by Crippen LogP contribution is 2.18. The highest BCUT2D eigenvalue weighted by Gasteiger charge is 2.06. The molecule has 0 amide bonds. The van der Waals surface area contributed by atoms with Gasteiger partial charge in [-0.1, -0.05) is 63.3 Å².